The third kappa shape index (κ3) is 1.37. The molecule has 0 aliphatic carbocycles. The van der Waals surface area contributed by atoms with Crippen LogP contribution in [-0.2, 0) is 6.42 Å². The molecule has 0 N–H and O–H groups in total. The summed E-state index contributed by atoms with van der Waals surface area (Å²) in [5.74, 6) is 2.07. The van der Waals surface area contributed by atoms with Crippen molar-refractivity contribution in [3.05, 3.63) is 59.7 Å². The fourth-order valence-corrected chi connectivity index (χ4v) is 1.65. The summed E-state index contributed by atoms with van der Waals surface area (Å²) in [5, 5.41) is 0. The second-order valence-corrected chi connectivity index (χ2v) is 3.55. The molecule has 0 spiro atoms. The molecule has 1 heteroatoms. The Bertz CT molecular complexity index is 460. The highest BCUT2D eigenvalue weighted by molar-refractivity contribution is 5.56. The fourth-order valence-electron chi connectivity index (χ4n) is 1.65. The summed E-state index contributed by atoms with van der Waals surface area (Å²) in [4.78, 5) is 0. The van der Waals surface area contributed by atoms with Gasteiger partial charge in [-0.25, -0.2) is 0 Å². The molecule has 2 aromatic rings. The first-order chi connectivity index (χ1) is 6.92. The summed E-state index contributed by atoms with van der Waals surface area (Å²) in [6.45, 7) is 0. The number of benzene rings is 2. The fraction of sp³-hybridized carbons (Fsp3) is 0.0769. The topological polar surface area (TPSA) is 12.5 Å². The molecule has 2 aromatic carbocycles. The van der Waals surface area contributed by atoms with Gasteiger partial charge < -0.3 is 4.74 Å². The van der Waals surface area contributed by atoms with E-state index in [1.165, 1.54) is 11.1 Å². The predicted octanol–water partition coefficient (Wildman–Crippen LogP) is 3.38. The minimum Gasteiger partial charge on any atom is -0.450 e. The van der Waals surface area contributed by atoms with E-state index in [0.29, 0.717) is 0 Å². The van der Waals surface area contributed by atoms with Crippen LogP contribution < -0.4 is 4.74 Å². The van der Waals surface area contributed by atoms with Gasteiger partial charge in [-0.15, -0.1) is 0 Å². The van der Waals surface area contributed by atoms with Crippen LogP contribution in [-0.4, -0.2) is 0 Å². The molecule has 0 bridgehead atoms. The van der Waals surface area contributed by atoms with Gasteiger partial charge in [-0.3, -0.25) is 0 Å². The van der Waals surface area contributed by atoms with E-state index in [0.717, 1.165) is 17.9 Å². The van der Waals surface area contributed by atoms with Gasteiger partial charge in [0, 0.05) is 0 Å². The molecule has 1 heterocycles. The highest BCUT2D eigenvalue weighted by Crippen LogP contribution is 2.45. The number of ether oxygens (including phenoxy) is 1. The Hall–Kier alpha value is -1.76. The van der Waals surface area contributed by atoms with Crippen LogP contribution in [0, 0.1) is 0 Å². The molecule has 0 fully saturated rings. The van der Waals surface area contributed by atoms with Crippen LogP contribution in [0.3, 0.4) is 0 Å². The highest BCUT2D eigenvalue weighted by Gasteiger charge is 2.18. The van der Waals surface area contributed by atoms with Gasteiger partial charge in [0.15, 0.2) is 11.5 Å². The summed E-state index contributed by atoms with van der Waals surface area (Å²) in [5.41, 5.74) is 2.65. The van der Waals surface area contributed by atoms with Crippen molar-refractivity contribution >= 4 is 0 Å². The zero-order valence-corrected chi connectivity index (χ0v) is 7.73. The molecule has 1 aliphatic heterocycles. The minimum atomic E-state index is 0.984. The van der Waals surface area contributed by atoms with Gasteiger partial charge >= 0.3 is 0 Å². The molecule has 3 rings (SSSR count). The predicted molar refractivity (Wildman–Crippen MR) is 55.8 cm³/mol. The van der Waals surface area contributed by atoms with Crippen molar-refractivity contribution in [2.24, 2.45) is 0 Å². The van der Waals surface area contributed by atoms with E-state index >= 15 is 0 Å². The van der Waals surface area contributed by atoms with E-state index in [1.54, 1.807) is 0 Å². The summed E-state index contributed by atoms with van der Waals surface area (Å²) in [7, 11) is 0. The standard InChI is InChI=1S/C13H10O/c1-2-4-10(5-3-1)8-11-6-7-12-13(9-11)14-12/h1-7,9H,8H2. The molecular formula is C13H10O. The number of rotatable bonds is 2. The maximum atomic E-state index is 5.22. The van der Waals surface area contributed by atoms with Crippen molar-refractivity contribution in [3.63, 3.8) is 0 Å². The molecule has 0 aromatic heterocycles. The van der Waals surface area contributed by atoms with Gasteiger partial charge in [0.05, 0.1) is 0 Å². The zero-order chi connectivity index (χ0) is 9.38. The molecule has 68 valence electrons. The van der Waals surface area contributed by atoms with Crippen LogP contribution >= 0.6 is 0 Å². The number of hydrogen-bond donors (Lipinski definition) is 0. The molecule has 0 saturated heterocycles. The number of hydrogen-bond acceptors (Lipinski definition) is 1. The molecular weight excluding hydrogens is 172 g/mol. The lowest BCUT2D eigenvalue weighted by molar-refractivity contribution is 0.649. The van der Waals surface area contributed by atoms with E-state index in [1.807, 2.05) is 12.1 Å². The third-order valence-corrected chi connectivity index (χ3v) is 2.44. The average Bonchev–Trinajstić information content (AvgIpc) is 2.97. The van der Waals surface area contributed by atoms with Crippen LogP contribution in [0.1, 0.15) is 11.1 Å². The first-order valence-corrected chi connectivity index (χ1v) is 4.76. The third-order valence-electron chi connectivity index (χ3n) is 2.44. The second-order valence-electron chi connectivity index (χ2n) is 3.55. The Balaban J connectivity index is 1.86. The van der Waals surface area contributed by atoms with Crippen molar-refractivity contribution in [2.75, 3.05) is 0 Å². The monoisotopic (exact) mass is 182 g/mol. The summed E-state index contributed by atoms with van der Waals surface area (Å²) < 4.78 is 5.22. The summed E-state index contributed by atoms with van der Waals surface area (Å²) in [6.07, 6.45) is 0.984. The first kappa shape index (κ1) is 7.63. The van der Waals surface area contributed by atoms with E-state index in [4.69, 9.17) is 4.74 Å². The van der Waals surface area contributed by atoms with E-state index < -0.39 is 0 Å². The van der Waals surface area contributed by atoms with E-state index in [-0.39, 0.29) is 0 Å². The second kappa shape index (κ2) is 2.88. The molecule has 0 atom stereocenters. The minimum absolute atomic E-state index is 0.984. The molecule has 0 unspecified atom stereocenters. The smallest absolute Gasteiger partial charge is 0.170 e. The van der Waals surface area contributed by atoms with Crippen LogP contribution in [0.4, 0.5) is 0 Å². The van der Waals surface area contributed by atoms with Gasteiger partial charge in [0.1, 0.15) is 0 Å². The van der Waals surface area contributed by atoms with Crippen molar-refractivity contribution in [2.45, 2.75) is 6.42 Å². The zero-order valence-electron chi connectivity index (χ0n) is 7.73. The van der Waals surface area contributed by atoms with Crippen molar-refractivity contribution in [1.29, 1.82) is 0 Å². The molecule has 1 nitrogen and oxygen atoms in total. The van der Waals surface area contributed by atoms with E-state index in [2.05, 4.69) is 36.4 Å². The molecule has 1 aliphatic rings. The van der Waals surface area contributed by atoms with Gasteiger partial charge in [0.25, 0.3) is 0 Å². The molecule has 0 saturated carbocycles. The highest BCUT2D eigenvalue weighted by atomic mass is 16.6. The Morgan fingerprint density at radius 2 is 1.64 bits per heavy atom. The molecule has 0 amide bonds. The summed E-state index contributed by atoms with van der Waals surface area (Å²) >= 11 is 0. The SMILES string of the molecule is c1ccc(Cc2ccc3c(c2)O3)cc1. The lowest BCUT2D eigenvalue weighted by Gasteiger charge is -1.98. The van der Waals surface area contributed by atoms with E-state index in [9.17, 15) is 0 Å². The maximum Gasteiger partial charge on any atom is 0.170 e. The first-order valence-electron chi connectivity index (χ1n) is 4.76. The lowest BCUT2D eigenvalue weighted by Crippen LogP contribution is -1.84. The summed E-state index contributed by atoms with van der Waals surface area (Å²) in [6, 6.07) is 16.7. The van der Waals surface area contributed by atoms with Gasteiger partial charge in [-0.05, 0) is 29.7 Å². The van der Waals surface area contributed by atoms with Crippen molar-refractivity contribution < 1.29 is 4.74 Å². The quantitative estimate of drug-likeness (QED) is 0.553. The number of fused-ring (bicyclic) bond motifs is 1. The Morgan fingerprint density at radius 1 is 0.786 bits per heavy atom. The van der Waals surface area contributed by atoms with Gasteiger partial charge in [-0.2, -0.15) is 0 Å². The maximum absolute atomic E-state index is 5.22. The molecule has 0 radical (unpaired) electrons. The largest absolute Gasteiger partial charge is 0.450 e. The average molecular weight is 182 g/mol. The van der Waals surface area contributed by atoms with Crippen molar-refractivity contribution in [3.8, 4) is 11.5 Å². The van der Waals surface area contributed by atoms with Gasteiger partial charge in [-0.1, -0.05) is 36.4 Å². The normalized spacial score (nSPS) is 11.7. The lowest BCUT2D eigenvalue weighted by atomic mass is 10.1. The molecule has 14 heavy (non-hydrogen) atoms. The Labute approximate surface area is 83.0 Å². The van der Waals surface area contributed by atoms with Crippen LogP contribution in [0.25, 0.3) is 0 Å². The Morgan fingerprint density at radius 3 is 2.43 bits per heavy atom. The van der Waals surface area contributed by atoms with Crippen molar-refractivity contribution in [1.82, 2.24) is 0 Å². The van der Waals surface area contributed by atoms with Gasteiger partial charge in [0.2, 0.25) is 0 Å². The Kier molecular flexibility index (Phi) is 1.57. The van der Waals surface area contributed by atoms with Crippen LogP contribution in [0.15, 0.2) is 48.5 Å². The van der Waals surface area contributed by atoms with Crippen LogP contribution in [0.2, 0.25) is 0 Å². The van der Waals surface area contributed by atoms with Crippen LogP contribution in [0.5, 0.6) is 11.5 Å².